The standard InChI is InChI=1S/C16H16Br2ClN/c1-11(14-5-3-4-6-15(14)19)20(2)16-9-13(18)8-7-12(16)10-17/h3-9,11H,10H2,1-2H3. The molecule has 20 heavy (non-hydrogen) atoms. The number of hydrogen-bond acceptors (Lipinski definition) is 1. The fourth-order valence-corrected chi connectivity index (χ4v) is 3.33. The summed E-state index contributed by atoms with van der Waals surface area (Å²) in [6, 6.07) is 14.5. The largest absolute Gasteiger partial charge is 0.367 e. The van der Waals surface area contributed by atoms with E-state index < -0.39 is 0 Å². The number of benzene rings is 2. The third kappa shape index (κ3) is 3.38. The van der Waals surface area contributed by atoms with Crippen LogP contribution in [0.1, 0.15) is 24.1 Å². The average molecular weight is 418 g/mol. The van der Waals surface area contributed by atoms with Crippen LogP contribution in [0.15, 0.2) is 46.9 Å². The molecule has 106 valence electrons. The molecule has 2 aromatic carbocycles. The molecule has 0 saturated heterocycles. The zero-order valence-corrected chi connectivity index (χ0v) is 15.3. The van der Waals surface area contributed by atoms with Gasteiger partial charge in [-0.1, -0.05) is 67.7 Å². The Labute approximate surface area is 142 Å². The number of hydrogen-bond donors (Lipinski definition) is 0. The van der Waals surface area contributed by atoms with E-state index in [4.69, 9.17) is 11.6 Å². The highest BCUT2D eigenvalue weighted by atomic mass is 79.9. The molecule has 1 nitrogen and oxygen atoms in total. The van der Waals surface area contributed by atoms with Crippen molar-refractivity contribution in [1.82, 2.24) is 0 Å². The lowest BCUT2D eigenvalue weighted by Crippen LogP contribution is -2.23. The second-order valence-corrected chi connectivity index (χ2v) is 6.60. The second-order valence-electron chi connectivity index (χ2n) is 4.72. The maximum atomic E-state index is 6.31. The maximum Gasteiger partial charge on any atom is 0.0525 e. The topological polar surface area (TPSA) is 3.24 Å². The van der Waals surface area contributed by atoms with Gasteiger partial charge in [-0.15, -0.1) is 0 Å². The van der Waals surface area contributed by atoms with Gasteiger partial charge in [-0.2, -0.15) is 0 Å². The van der Waals surface area contributed by atoms with Gasteiger partial charge in [-0.05, 0) is 36.2 Å². The Morgan fingerprint density at radius 3 is 2.55 bits per heavy atom. The Morgan fingerprint density at radius 2 is 1.90 bits per heavy atom. The molecule has 4 heteroatoms. The van der Waals surface area contributed by atoms with Gasteiger partial charge in [0.25, 0.3) is 0 Å². The molecule has 0 N–H and O–H groups in total. The summed E-state index contributed by atoms with van der Waals surface area (Å²) in [5, 5.41) is 1.64. The van der Waals surface area contributed by atoms with Crippen LogP contribution in [0, 0.1) is 0 Å². The van der Waals surface area contributed by atoms with Crippen molar-refractivity contribution in [2.24, 2.45) is 0 Å². The summed E-state index contributed by atoms with van der Waals surface area (Å²) >= 11 is 13.4. The van der Waals surface area contributed by atoms with Crippen LogP contribution in [0.25, 0.3) is 0 Å². The first kappa shape index (κ1) is 15.9. The van der Waals surface area contributed by atoms with Crippen LogP contribution >= 0.6 is 43.5 Å². The predicted molar refractivity (Wildman–Crippen MR) is 95.0 cm³/mol. The minimum Gasteiger partial charge on any atom is -0.367 e. The van der Waals surface area contributed by atoms with E-state index in [1.807, 2.05) is 18.2 Å². The molecule has 0 fully saturated rings. The van der Waals surface area contributed by atoms with Crippen LogP contribution in [0.5, 0.6) is 0 Å². The number of rotatable bonds is 4. The Balaban J connectivity index is 2.38. The summed E-state index contributed by atoms with van der Waals surface area (Å²) in [6.45, 7) is 2.17. The lowest BCUT2D eigenvalue weighted by Gasteiger charge is -2.30. The highest BCUT2D eigenvalue weighted by Crippen LogP contribution is 2.34. The first-order valence-electron chi connectivity index (χ1n) is 6.36. The van der Waals surface area contributed by atoms with E-state index in [1.54, 1.807) is 0 Å². The van der Waals surface area contributed by atoms with E-state index in [0.29, 0.717) is 0 Å². The molecule has 2 rings (SSSR count). The molecule has 0 saturated carbocycles. The van der Waals surface area contributed by atoms with Gasteiger partial charge in [0.05, 0.1) is 6.04 Å². The number of nitrogens with zero attached hydrogens (tertiary/aromatic N) is 1. The molecule has 0 aliphatic heterocycles. The molecule has 2 aromatic rings. The van der Waals surface area contributed by atoms with Gasteiger partial charge in [-0.3, -0.25) is 0 Å². The normalized spacial score (nSPS) is 12.2. The van der Waals surface area contributed by atoms with E-state index >= 15 is 0 Å². The lowest BCUT2D eigenvalue weighted by molar-refractivity contribution is 0.737. The van der Waals surface area contributed by atoms with Gasteiger partial charge in [0.2, 0.25) is 0 Å². The zero-order chi connectivity index (χ0) is 14.7. The molecule has 0 aliphatic carbocycles. The van der Waals surface area contributed by atoms with Gasteiger partial charge >= 0.3 is 0 Å². The summed E-state index contributed by atoms with van der Waals surface area (Å²) in [6.07, 6.45) is 0. The van der Waals surface area contributed by atoms with Crippen molar-refractivity contribution in [2.45, 2.75) is 18.3 Å². The van der Waals surface area contributed by atoms with E-state index in [2.05, 4.69) is 75.0 Å². The van der Waals surface area contributed by atoms with Crippen LogP contribution in [0.2, 0.25) is 5.02 Å². The van der Waals surface area contributed by atoms with E-state index in [-0.39, 0.29) is 6.04 Å². The number of anilines is 1. The molecule has 0 aromatic heterocycles. The monoisotopic (exact) mass is 415 g/mol. The summed E-state index contributed by atoms with van der Waals surface area (Å²) in [5.74, 6) is 0. The Kier molecular flexibility index (Phi) is 5.53. The molecule has 0 bridgehead atoms. The summed E-state index contributed by atoms with van der Waals surface area (Å²) in [5.41, 5.74) is 3.59. The van der Waals surface area contributed by atoms with Gasteiger partial charge < -0.3 is 4.90 Å². The van der Waals surface area contributed by atoms with Crippen LogP contribution in [0.3, 0.4) is 0 Å². The van der Waals surface area contributed by atoms with Crippen molar-refractivity contribution in [1.29, 1.82) is 0 Å². The minimum absolute atomic E-state index is 0.204. The third-order valence-corrected chi connectivity index (χ3v) is 4.95. The van der Waals surface area contributed by atoms with E-state index in [0.717, 1.165) is 20.4 Å². The molecule has 1 unspecified atom stereocenters. The Hall–Kier alpha value is -0.510. The molecule has 0 radical (unpaired) electrons. The first-order chi connectivity index (χ1) is 9.54. The van der Waals surface area contributed by atoms with E-state index in [1.165, 1.54) is 11.3 Å². The van der Waals surface area contributed by atoms with Crippen molar-refractivity contribution >= 4 is 49.1 Å². The molecular formula is C16H16Br2ClN. The molecule has 0 heterocycles. The lowest BCUT2D eigenvalue weighted by atomic mass is 10.1. The number of halogens is 3. The van der Waals surface area contributed by atoms with Crippen LogP contribution in [-0.2, 0) is 5.33 Å². The Bertz CT molecular complexity index is 601. The molecule has 0 amide bonds. The fraction of sp³-hybridized carbons (Fsp3) is 0.250. The van der Waals surface area contributed by atoms with Gasteiger partial charge in [0, 0.05) is 27.6 Å². The predicted octanol–water partition coefficient (Wildman–Crippen LogP) is 6.19. The Morgan fingerprint density at radius 1 is 1.20 bits per heavy atom. The third-order valence-electron chi connectivity index (χ3n) is 3.51. The summed E-state index contributed by atoms with van der Waals surface area (Å²) in [7, 11) is 2.10. The molecule has 0 aliphatic rings. The maximum absolute atomic E-state index is 6.31. The summed E-state index contributed by atoms with van der Waals surface area (Å²) in [4.78, 5) is 2.25. The van der Waals surface area contributed by atoms with Crippen LogP contribution in [0.4, 0.5) is 5.69 Å². The van der Waals surface area contributed by atoms with Crippen LogP contribution in [-0.4, -0.2) is 7.05 Å². The van der Waals surface area contributed by atoms with Crippen molar-refractivity contribution in [3.8, 4) is 0 Å². The van der Waals surface area contributed by atoms with E-state index in [9.17, 15) is 0 Å². The van der Waals surface area contributed by atoms with Gasteiger partial charge in [0.15, 0.2) is 0 Å². The second kappa shape index (κ2) is 6.97. The molecule has 0 spiro atoms. The van der Waals surface area contributed by atoms with Crippen molar-refractivity contribution in [2.75, 3.05) is 11.9 Å². The number of alkyl halides is 1. The molecular weight excluding hydrogens is 401 g/mol. The van der Waals surface area contributed by atoms with Crippen molar-refractivity contribution in [3.05, 3.63) is 63.1 Å². The SMILES string of the molecule is CC(c1ccccc1Cl)N(C)c1cc(Br)ccc1CBr. The highest BCUT2D eigenvalue weighted by molar-refractivity contribution is 9.10. The first-order valence-corrected chi connectivity index (χ1v) is 8.65. The van der Waals surface area contributed by atoms with Crippen LogP contribution < -0.4 is 4.90 Å². The highest BCUT2D eigenvalue weighted by Gasteiger charge is 2.17. The van der Waals surface area contributed by atoms with Crippen molar-refractivity contribution in [3.63, 3.8) is 0 Å². The average Bonchev–Trinajstić information content (AvgIpc) is 2.46. The smallest absolute Gasteiger partial charge is 0.0525 e. The van der Waals surface area contributed by atoms with Crippen molar-refractivity contribution < 1.29 is 0 Å². The summed E-state index contributed by atoms with van der Waals surface area (Å²) < 4.78 is 1.08. The van der Waals surface area contributed by atoms with Gasteiger partial charge in [0.1, 0.15) is 0 Å². The van der Waals surface area contributed by atoms with Gasteiger partial charge in [-0.25, -0.2) is 0 Å². The minimum atomic E-state index is 0.204. The fourth-order valence-electron chi connectivity index (χ4n) is 2.21. The quantitative estimate of drug-likeness (QED) is 0.536. The zero-order valence-electron chi connectivity index (χ0n) is 11.4. The molecule has 1 atom stereocenters.